The molecule has 0 N–H and O–H groups in total. The quantitative estimate of drug-likeness (QED) is 0.669. The van der Waals surface area contributed by atoms with Crippen molar-refractivity contribution in [3.63, 3.8) is 0 Å². The van der Waals surface area contributed by atoms with Gasteiger partial charge in [0, 0.05) is 12.8 Å². The number of ether oxygens (including phenoxy) is 2. The average molecular weight is 212 g/mol. The van der Waals surface area contributed by atoms with Gasteiger partial charge >= 0.3 is 0 Å². The molecule has 2 rings (SSSR count). The molecule has 2 heterocycles. The Balaban J connectivity index is 2.08. The third-order valence-corrected chi connectivity index (χ3v) is 3.34. The first kappa shape index (κ1) is 11.1. The standard InChI is InChI=1S/C12H20O3/c1-3-11-7-10(13)8-12(15-11)6-4-5-9(2)14-12/h9,11H,3-8H2,1-2H3/t9-,11+,12-/m0/s1. The van der Waals surface area contributed by atoms with Crippen LogP contribution in [-0.4, -0.2) is 23.8 Å². The zero-order valence-electron chi connectivity index (χ0n) is 9.62. The molecule has 3 nitrogen and oxygen atoms in total. The van der Waals surface area contributed by atoms with Gasteiger partial charge in [0.1, 0.15) is 5.78 Å². The van der Waals surface area contributed by atoms with Gasteiger partial charge in [0.25, 0.3) is 0 Å². The summed E-state index contributed by atoms with van der Waals surface area (Å²) in [5.74, 6) is -0.282. The summed E-state index contributed by atoms with van der Waals surface area (Å²) < 4.78 is 11.8. The molecule has 3 atom stereocenters. The molecule has 0 aromatic heterocycles. The Morgan fingerprint density at radius 2 is 2.27 bits per heavy atom. The van der Waals surface area contributed by atoms with Gasteiger partial charge < -0.3 is 9.47 Å². The molecule has 15 heavy (non-hydrogen) atoms. The molecule has 0 aliphatic carbocycles. The lowest BCUT2D eigenvalue weighted by Gasteiger charge is -2.44. The summed E-state index contributed by atoms with van der Waals surface area (Å²) in [6.45, 7) is 4.12. The Bertz CT molecular complexity index is 251. The Hall–Kier alpha value is -0.410. The second kappa shape index (κ2) is 4.22. The number of hydrogen-bond donors (Lipinski definition) is 0. The highest BCUT2D eigenvalue weighted by Gasteiger charge is 2.44. The maximum absolute atomic E-state index is 11.7. The van der Waals surface area contributed by atoms with Gasteiger partial charge in [0.15, 0.2) is 5.79 Å². The first-order chi connectivity index (χ1) is 7.13. The zero-order valence-corrected chi connectivity index (χ0v) is 9.62. The lowest BCUT2D eigenvalue weighted by Crippen LogP contribution is -2.50. The van der Waals surface area contributed by atoms with E-state index in [4.69, 9.17) is 9.47 Å². The average Bonchev–Trinajstić information content (AvgIpc) is 2.15. The molecular formula is C12H20O3. The molecule has 0 radical (unpaired) electrons. The molecule has 3 heteroatoms. The van der Waals surface area contributed by atoms with Crippen LogP contribution >= 0.6 is 0 Å². The molecule has 2 fully saturated rings. The molecule has 0 aromatic carbocycles. The van der Waals surface area contributed by atoms with Crippen LogP contribution < -0.4 is 0 Å². The summed E-state index contributed by atoms with van der Waals surface area (Å²) in [4.78, 5) is 11.7. The van der Waals surface area contributed by atoms with Gasteiger partial charge in [0.05, 0.1) is 18.6 Å². The second-order valence-electron chi connectivity index (χ2n) is 4.80. The fourth-order valence-electron chi connectivity index (χ4n) is 2.60. The van der Waals surface area contributed by atoms with Gasteiger partial charge in [-0.3, -0.25) is 4.79 Å². The van der Waals surface area contributed by atoms with Crippen LogP contribution in [0.1, 0.15) is 52.4 Å². The van der Waals surface area contributed by atoms with E-state index in [1.165, 1.54) is 0 Å². The van der Waals surface area contributed by atoms with E-state index in [-0.39, 0.29) is 12.2 Å². The maximum Gasteiger partial charge on any atom is 0.175 e. The number of hydrogen-bond acceptors (Lipinski definition) is 3. The Morgan fingerprint density at radius 3 is 2.93 bits per heavy atom. The topological polar surface area (TPSA) is 35.5 Å². The lowest BCUT2D eigenvalue weighted by atomic mass is 9.92. The largest absolute Gasteiger partial charge is 0.347 e. The lowest BCUT2D eigenvalue weighted by molar-refractivity contribution is -0.303. The molecule has 0 aromatic rings. The predicted molar refractivity (Wildman–Crippen MR) is 56.5 cm³/mol. The van der Waals surface area contributed by atoms with Crippen molar-refractivity contribution in [2.24, 2.45) is 0 Å². The van der Waals surface area contributed by atoms with Crippen LogP contribution in [0, 0.1) is 0 Å². The third kappa shape index (κ3) is 2.40. The molecule has 2 saturated heterocycles. The van der Waals surface area contributed by atoms with Crippen molar-refractivity contribution >= 4 is 5.78 Å². The molecule has 86 valence electrons. The second-order valence-corrected chi connectivity index (χ2v) is 4.80. The third-order valence-electron chi connectivity index (χ3n) is 3.34. The van der Waals surface area contributed by atoms with E-state index in [1.807, 2.05) is 0 Å². The van der Waals surface area contributed by atoms with Crippen molar-refractivity contribution in [3.8, 4) is 0 Å². The van der Waals surface area contributed by atoms with Crippen molar-refractivity contribution in [2.45, 2.75) is 70.4 Å². The van der Waals surface area contributed by atoms with Gasteiger partial charge in [-0.25, -0.2) is 0 Å². The van der Waals surface area contributed by atoms with Crippen molar-refractivity contribution in [1.82, 2.24) is 0 Å². The SMILES string of the molecule is CC[C@@H]1CC(=O)C[C@]2(CCC[C@H](C)O2)O1. The van der Waals surface area contributed by atoms with E-state index in [2.05, 4.69) is 13.8 Å². The van der Waals surface area contributed by atoms with Crippen LogP contribution in [0.2, 0.25) is 0 Å². The number of carbonyl (C=O) groups is 1. The van der Waals surface area contributed by atoms with Gasteiger partial charge in [-0.1, -0.05) is 6.92 Å². The summed E-state index contributed by atoms with van der Waals surface area (Å²) in [5, 5.41) is 0. The highest BCUT2D eigenvalue weighted by Crippen LogP contribution is 2.38. The van der Waals surface area contributed by atoms with Crippen LogP contribution in [0.5, 0.6) is 0 Å². The molecule has 0 amide bonds. The van der Waals surface area contributed by atoms with Crippen molar-refractivity contribution in [3.05, 3.63) is 0 Å². The summed E-state index contributed by atoms with van der Waals surface area (Å²) in [5.41, 5.74) is 0. The van der Waals surface area contributed by atoms with Crippen molar-refractivity contribution in [1.29, 1.82) is 0 Å². The smallest absolute Gasteiger partial charge is 0.175 e. The number of carbonyl (C=O) groups excluding carboxylic acids is 1. The Morgan fingerprint density at radius 1 is 1.47 bits per heavy atom. The van der Waals surface area contributed by atoms with Gasteiger partial charge in [-0.2, -0.15) is 0 Å². The summed E-state index contributed by atoms with van der Waals surface area (Å²) in [6.07, 6.45) is 5.26. The van der Waals surface area contributed by atoms with E-state index >= 15 is 0 Å². The Labute approximate surface area is 91.1 Å². The van der Waals surface area contributed by atoms with E-state index in [0.29, 0.717) is 18.6 Å². The normalized spacial score (nSPS) is 42.1. The van der Waals surface area contributed by atoms with Crippen molar-refractivity contribution < 1.29 is 14.3 Å². The summed E-state index contributed by atoms with van der Waals surface area (Å²) in [7, 11) is 0. The molecule has 1 spiro atoms. The van der Waals surface area contributed by atoms with E-state index in [0.717, 1.165) is 25.7 Å². The van der Waals surface area contributed by atoms with Crippen LogP contribution in [0.25, 0.3) is 0 Å². The number of rotatable bonds is 1. The highest BCUT2D eigenvalue weighted by molar-refractivity contribution is 5.80. The molecule has 2 aliphatic rings. The monoisotopic (exact) mass is 212 g/mol. The summed E-state index contributed by atoms with van der Waals surface area (Å²) in [6, 6.07) is 0. The minimum absolute atomic E-state index is 0.0662. The number of ketones is 1. The first-order valence-electron chi connectivity index (χ1n) is 6.01. The van der Waals surface area contributed by atoms with Crippen LogP contribution in [0.3, 0.4) is 0 Å². The fourth-order valence-corrected chi connectivity index (χ4v) is 2.60. The van der Waals surface area contributed by atoms with Crippen LogP contribution in [-0.2, 0) is 14.3 Å². The minimum atomic E-state index is -0.576. The van der Waals surface area contributed by atoms with Gasteiger partial charge in [-0.15, -0.1) is 0 Å². The van der Waals surface area contributed by atoms with E-state index in [9.17, 15) is 4.79 Å². The van der Waals surface area contributed by atoms with Gasteiger partial charge in [-0.05, 0) is 26.2 Å². The molecular weight excluding hydrogens is 192 g/mol. The van der Waals surface area contributed by atoms with Crippen LogP contribution in [0.15, 0.2) is 0 Å². The van der Waals surface area contributed by atoms with E-state index in [1.54, 1.807) is 0 Å². The molecule has 2 aliphatic heterocycles. The van der Waals surface area contributed by atoms with Gasteiger partial charge in [0.2, 0.25) is 0 Å². The number of Topliss-reactive ketones (excluding diaryl/α,β-unsaturated/α-hetero) is 1. The summed E-state index contributed by atoms with van der Waals surface area (Å²) >= 11 is 0. The Kier molecular flexibility index (Phi) is 3.12. The fraction of sp³-hybridized carbons (Fsp3) is 0.917. The van der Waals surface area contributed by atoms with Crippen molar-refractivity contribution in [2.75, 3.05) is 0 Å². The first-order valence-corrected chi connectivity index (χ1v) is 6.01. The molecule has 0 unspecified atom stereocenters. The van der Waals surface area contributed by atoms with E-state index < -0.39 is 5.79 Å². The maximum atomic E-state index is 11.7. The molecule has 0 bridgehead atoms. The highest BCUT2D eigenvalue weighted by atomic mass is 16.7. The molecule has 0 saturated carbocycles. The zero-order chi connectivity index (χ0) is 10.9. The predicted octanol–water partition coefficient (Wildman–Crippen LogP) is 2.43. The minimum Gasteiger partial charge on any atom is -0.347 e. The van der Waals surface area contributed by atoms with Crippen LogP contribution in [0.4, 0.5) is 0 Å².